The van der Waals surface area contributed by atoms with Crippen LogP contribution in [0.4, 0.5) is 5.82 Å². The summed E-state index contributed by atoms with van der Waals surface area (Å²) in [5.74, 6) is 0.469. The van der Waals surface area contributed by atoms with E-state index in [9.17, 15) is 13.2 Å². The summed E-state index contributed by atoms with van der Waals surface area (Å²) in [7, 11) is -0.515. The summed E-state index contributed by atoms with van der Waals surface area (Å²) < 4.78 is 35.3. The van der Waals surface area contributed by atoms with E-state index in [1.807, 2.05) is 12.1 Å². The number of sulfonamides is 1. The fourth-order valence-electron chi connectivity index (χ4n) is 2.50. The molecule has 8 heteroatoms. The zero-order valence-electron chi connectivity index (χ0n) is 14.9. The van der Waals surface area contributed by atoms with Crippen LogP contribution in [0.3, 0.4) is 0 Å². The largest absolute Gasteiger partial charge is 0.497 e. The molecule has 0 unspecified atom stereocenters. The molecule has 0 amide bonds. The molecule has 0 aliphatic carbocycles. The lowest BCUT2D eigenvalue weighted by Gasteiger charge is -2.17. The number of nitrogens with one attached hydrogen (secondary N) is 1. The number of ether oxygens (including phenoxy) is 2. The quantitative estimate of drug-likeness (QED) is 0.794. The van der Waals surface area contributed by atoms with E-state index in [4.69, 9.17) is 9.47 Å². The second-order valence-corrected chi connectivity index (χ2v) is 7.54. The first-order valence-electron chi connectivity index (χ1n) is 7.68. The normalized spacial score (nSPS) is 11.2. The van der Waals surface area contributed by atoms with Crippen molar-refractivity contribution in [1.82, 2.24) is 4.98 Å². The third-order valence-corrected chi connectivity index (χ3v) is 5.08. The van der Waals surface area contributed by atoms with Gasteiger partial charge in [-0.1, -0.05) is 12.1 Å². The standard InChI is InChI=1S/C17H22N2O5S/c1-6-24-17(20)15-11(2)14(12-7-9-13(23-4)10-8-12)16(18-15)19(3)25(5,21)22/h7-10,18H,6H2,1-5H3. The van der Waals surface area contributed by atoms with E-state index in [2.05, 4.69) is 4.98 Å². The topological polar surface area (TPSA) is 88.7 Å². The third-order valence-electron chi connectivity index (χ3n) is 3.90. The number of rotatable bonds is 6. The van der Waals surface area contributed by atoms with Crippen molar-refractivity contribution in [3.05, 3.63) is 35.5 Å². The predicted molar refractivity (Wildman–Crippen MR) is 96.7 cm³/mol. The number of H-pyrrole nitrogens is 1. The van der Waals surface area contributed by atoms with E-state index in [0.29, 0.717) is 22.7 Å². The van der Waals surface area contributed by atoms with Crippen LogP contribution in [0.1, 0.15) is 23.0 Å². The lowest BCUT2D eigenvalue weighted by atomic mass is 10.0. The lowest BCUT2D eigenvalue weighted by molar-refractivity contribution is 0.0519. The number of hydrogen-bond acceptors (Lipinski definition) is 5. The Labute approximate surface area is 147 Å². The molecule has 7 nitrogen and oxygen atoms in total. The number of hydrogen-bond donors (Lipinski definition) is 1. The van der Waals surface area contributed by atoms with Crippen molar-refractivity contribution in [2.24, 2.45) is 0 Å². The number of anilines is 1. The Morgan fingerprint density at radius 1 is 1.24 bits per heavy atom. The first-order valence-corrected chi connectivity index (χ1v) is 9.53. The number of methoxy groups -OCH3 is 1. The molecule has 0 bridgehead atoms. The molecule has 2 rings (SSSR count). The van der Waals surface area contributed by atoms with Crippen LogP contribution in [-0.2, 0) is 14.8 Å². The van der Waals surface area contributed by atoms with Gasteiger partial charge in [-0.15, -0.1) is 0 Å². The minimum atomic E-state index is -3.52. The van der Waals surface area contributed by atoms with Gasteiger partial charge in [0.05, 0.1) is 20.0 Å². The molecule has 0 aliphatic rings. The van der Waals surface area contributed by atoms with Crippen LogP contribution in [-0.4, -0.2) is 46.4 Å². The molecule has 0 saturated carbocycles. The van der Waals surface area contributed by atoms with Gasteiger partial charge >= 0.3 is 5.97 Å². The number of aromatic nitrogens is 1. The van der Waals surface area contributed by atoms with Gasteiger partial charge < -0.3 is 14.5 Å². The molecule has 25 heavy (non-hydrogen) atoms. The van der Waals surface area contributed by atoms with Crippen molar-refractivity contribution < 1.29 is 22.7 Å². The summed E-state index contributed by atoms with van der Waals surface area (Å²) in [6.45, 7) is 3.69. The Hall–Kier alpha value is -2.48. The molecule has 136 valence electrons. The van der Waals surface area contributed by atoms with E-state index in [1.54, 1.807) is 33.1 Å². The first kappa shape index (κ1) is 18.9. The smallest absolute Gasteiger partial charge is 0.355 e. The van der Waals surface area contributed by atoms with E-state index >= 15 is 0 Å². The van der Waals surface area contributed by atoms with Gasteiger partial charge in [-0.2, -0.15) is 0 Å². The van der Waals surface area contributed by atoms with Gasteiger partial charge in [0, 0.05) is 12.6 Å². The van der Waals surface area contributed by atoms with Crippen LogP contribution in [0.25, 0.3) is 11.1 Å². The Balaban J connectivity index is 2.67. The first-order chi connectivity index (χ1) is 11.7. The van der Waals surface area contributed by atoms with Gasteiger partial charge in [0.1, 0.15) is 17.3 Å². The fourth-order valence-corrected chi connectivity index (χ4v) is 2.97. The molecule has 0 radical (unpaired) electrons. The van der Waals surface area contributed by atoms with E-state index < -0.39 is 16.0 Å². The van der Waals surface area contributed by atoms with Gasteiger partial charge in [-0.25, -0.2) is 13.2 Å². The highest BCUT2D eigenvalue weighted by molar-refractivity contribution is 7.92. The highest BCUT2D eigenvalue weighted by atomic mass is 32.2. The minimum Gasteiger partial charge on any atom is -0.497 e. The maximum atomic E-state index is 12.2. The van der Waals surface area contributed by atoms with Crippen LogP contribution in [0.2, 0.25) is 0 Å². The number of carbonyl (C=O) groups excluding carboxylic acids is 1. The maximum Gasteiger partial charge on any atom is 0.355 e. The van der Waals surface area contributed by atoms with E-state index in [-0.39, 0.29) is 12.3 Å². The second kappa shape index (κ2) is 7.18. The molecule has 0 fully saturated rings. The molecule has 2 aromatic rings. The number of nitrogens with zero attached hydrogens (tertiary/aromatic N) is 1. The molecule has 1 aromatic heterocycles. The molecule has 1 heterocycles. The van der Waals surface area contributed by atoms with Gasteiger partial charge in [0.15, 0.2) is 0 Å². The van der Waals surface area contributed by atoms with Gasteiger partial charge in [0.2, 0.25) is 10.0 Å². The predicted octanol–water partition coefficient (Wildman–Crippen LogP) is 2.57. The Morgan fingerprint density at radius 2 is 1.84 bits per heavy atom. The Bertz CT molecular complexity index is 869. The van der Waals surface area contributed by atoms with Gasteiger partial charge in [-0.3, -0.25) is 4.31 Å². The van der Waals surface area contributed by atoms with Gasteiger partial charge in [-0.05, 0) is 37.1 Å². The summed E-state index contributed by atoms with van der Waals surface area (Å²) in [4.78, 5) is 15.1. The molecule has 0 atom stereocenters. The monoisotopic (exact) mass is 366 g/mol. The van der Waals surface area contributed by atoms with E-state index in [1.165, 1.54) is 7.05 Å². The lowest BCUT2D eigenvalue weighted by Crippen LogP contribution is -2.25. The number of benzene rings is 1. The molecule has 0 saturated heterocycles. The third kappa shape index (κ3) is 3.79. The van der Waals surface area contributed by atoms with Gasteiger partial charge in [0.25, 0.3) is 0 Å². The Kier molecular flexibility index (Phi) is 5.42. The minimum absolute atomic E-state index is 0.229. The van der Waals surface area contributed by atoms with Crippen molar-refractivity contribution in [1.29, 1.82) is 0 Å². The molecular formula is C17H22N2O5S. The van der Waals surface area contributed by atoms with Crippen LogP contribution >= 0.6 is 0 Å². The number of carbonyl (C=O) groups is 1. The summed E-state index contributed by atoms with van der Waals surface area (Å²) in [5.41, 5.74) is 2.24. The average molecular weight is 366 g/mol. The van der Waals surface area contributed by atoms with Crippen molar-refractivity contribution >= 4 is 21.8 Å². The molecule has 0 spiro atoms. The zero-order chi connectivity index (χ0) is 18.8. The zero-order valence-corrected chi connectivity index (χ0v) is 15.7. The summed E-state index contributed by atoms with van der Waals surface area (Å²) in [5, 5.41) is 0. The van der Waals surface area contributed by atoms with Crippen molar-refractivity contribution in [2.45, 2.75) is 13.8 Å². The molecule has 0 aliphatic heterocycles. The SMILES string of the molecule is CCOC(=O)c1[nH]c(N(C)S(C)(=O)=O)c(-c2ccc(OC)cc2)c1C. The maximum absolute atomic E-state index is 12.2. The highest BCUT2D eigenvalue weighted by Gasteiger charge is 2.26. The average Bonchev–Trinajstić information content (AvgIpc) is 2.91. The van der Waals surface area contributed by atoms with E-state index in [0.717, 1.165) is 16.1 Å². The van der Waals surface area contributed by atoms with Crippen LogP contribution in [0.15, 0.2) is 24.3 Å². The van der Waals surface area contributed by atoms with Crippen molar-refractivity contribution in [3.63, 3.8) is 0 Å². The molecular weight excluding hydrogens is 344 g/mol. The highest BCUT2D eigenvalue weighted by Crippen LogP contribution is 2.37. The summed E-state index contributed by atoms with van der Waals surface area (Å²) >= 11 is 0. The number of aromatic amines is 1. The summed E-state index contributed by atoms with van der Waals surface area (Å²) in [6, 6.07) is 7.17. The second-order valence-electron chi connectivity index (χ2n) is 5.53. The fraction of sp³-hybridized carbons (Fsp3) is 0.353. The van der Waals surface area contributed by atoms with Crippen LogP contribution in [0.5, 0.6) is 5.75 Å². The van der Waals surface area contributed by atoms with Crippen molar-refractivity contribution in [3.8, 4) is 16.9 Å². The number of esters is 1. The summed E-state index contributed by atoms with van der Waals surface area (Å²) in [6.07, 6.45) is 1.10. The Morgan fingerprint density at radius 3 is 2.32 bits per heavy atom. The molecule has 1 N–H and O–H groups in total. The van der Waals surface area contributed by atoms with Crippen LogP contribution in [0, 0.1) is 6.92 Å². The van der Waals surface area contributed by atoms with Crippen molar-refractivity contribution in [2.75, 3.05) is 31.3 Å². The van der Waals surface area contributed by atoms with Crippen LogP contribution < -0.4 is 9.04 Å². The molecule has 1 aromatic carbocycles.